The fourth-order valence-corrected chi connectivity index (χ4v) is 1.83. The van der Waals surface area contributed by atoms with Crippen LogP contribution in [0.3, 0.4) is 0 Å². The Morgan fingerprint density at radius 3 is 2.41 bits per heavy atom. The highest BCUT2D eigenvalue weighted by Gasteiger charge is 2.38. The van der Waals surface area contributed by atoms with Gasteiger partial charge in [-0.15, -0.1) is 0 Å². The fraction of sp³-hybridized carbons (Fsp3) is 0.412. The number of nitrogens with zero attached hydrogens (tertiary/aromatic N) is 3. The molecule has 2 rings (SSSR count). The Morgan fingerprint density at radius 1 is 1.26 bits per heavy atom. The molecule has 0 fully saturated rings. The fourth-order valence-electron chi connectivity index (χ4n) is 1.83. The monoisotopic (exact) mass is 384 g/mol. The van der Waals surface area contributed by atoms with Gasteiger partial charge < -0.3 is 14.7 Å². The highest BCUT2D eigenvalue weighted by molar-refractivity contribution is 5.96. The Balaban J connectivity index is 2.00. The van der Waals surface area contributed by atoms with Crippen molar-refractivity contribution in [3.05, 3.63) is 35.7 Å². The first-order valence-electron chi connectivity index (χ1n) is 7.99. The predicted molar refractivity (Wildman–Crippen MR) is 91.0 cm³/mol. The summed E-state index contributed by atoms with van der Waals surface area (Å²) in [6.45, 7) is 7.25. The van der Waals surface area contributed by atoms with Crippen LogP contribution in [-0.2, 0) is 11.0 Å². The van der Waals surface area contributed by atoms with Crippen LogP contribution in [-0.4, -0.2) is 33.9 Å². The van der Waals surface area contributed by atoms with Crippen molar-refractivity contribution in [3.8, 4) is 11.4 Å². The molecule has 1 amide bonds. The maximum Gasteiger partial charge on any atom is 0.471 e. The predicted octanol–water partition coefficient (Wildman–Crippen LogP) is 3.67. The van der Waals surface area contributed by atoms with Crippen molar-refractivity contribution in [2.75, 3.05) is 0 Å². The molecule has 0 aliphatic carbocycles. The zero-order valence-electron chi connectivity index (χ0n) is 15.2. The molecular formula is C17H19F3N4O3. The minimum absolute atomic E-state index is 0.214. The molecule has 1 aromatic heterocycles. The largest absolute Gasteiger partial charge is 0.471 e. The second-order valence-electron chi connectivity index (χ2n) is 6.72. The minimum atomic E-state index is -4.71. The van der Waals surface area contributed by atoms with Gasteiger partial charge in [0, 0.05) is 11.1 Å². The van der Waals surface area contributed by atoms with Crippen molar-refractivity contribution in [2.45, 2.75) is 45.5 Å². The number of carbonyl (C=O) groups excluding carboxylic acids is 1. The van der Waals surface area contributed by atoms with E-state index < -0.39 is 17.7 Å². The van der Waals surface area contributed by atoms with Crippen LogP contribution in [0.25, 0.3) is 11.4 Å². The van der Waals surface area contributed by atoms with Gasteiger partial charge in [0.25, 0.3) is 5.91 Å². The number of hydrogen-bond acceptors (Lipinski definition) is 6. The van der Waals surface area contributed by atoms with Crippen molar-refractivity contribution < 1.29 is 27.3 Å². The Labute approximate surface area is 153 Å². The van der Waals surface area contributed by atoms with Crippen molar-refractivity contribution in [1.82, 2.24) is 15.5 Å². The molecule has 0 saturated carbocycles. The normalized spacial score (nSPS) is 13.6. The van der Waals surface area contributed by atoms with Crippen molar-refractivity contribution >= 4 is 12.1 Å². The number of aromatic nitrogens is 2. The average molecular weight is 384 g/mol. The lowest BCUT2D eigenvalue weighted by Crippen LogP contribution is -2.33. The lowest BCUT2D eigenvalue weighted by molar-refractivity contribution is -0.159. The van der Waals surface area contributed by atoms with Crippen molar-refractivity contribution in [3.63, 3.8) is 0 Å². The van der Waals surface area contributed by atoms with Gasteiger partial charge in [-0.2, -0.15) is 18.2 Å². The summed E-state index contributed by atoms with van der Waals surface area (Å²) in [4.78, 5) is 20.7. The van der Waals surface area contributed by atoms with Crippen molar-refractivity contribution in [2.24, 2.45) is 5.16 Å². The van der Waals surface area contributed by atoms with Crippen LogP contribution in [0, 0.1) is 0 Å². The van der Waals surface area contributed by atoms with E-state index in [4.69, 9.17) is 4.84 Å². The summed E-state index contributed by atoms with van der Waals surface area (Å²) in [7, 11) is 0. The summed E-state index contributed by atoms with van der Waals surface area (Å²) in [5.74, 6) is -2.01. The third kappa shape index (κ3) is 6.08. The molecule has 0 bridgehead atoms. The maximum atomic E-state index is 12.5. The van der Waals surface area contributed by atoms with Gasteiger partial charge in [-0.05, 0) is 39.8 Å². The second-order valence-corrected chi connectivity index (χ2v) is 6.72. The van der Waals surface area contributed by atoms with Crippen LogP contribution in [0.5, 0.6) is 0 Å². The van der Waals surface area contributed by atoms with E-state index in [1.807, 2.05) is 20.8 Å². The van der Waals surface area contributed by atoms with E-state index in [2.05, 4.69) is 25.1 Å². The molecule has 1 aromatic carbocycles. The summed E-state index contributed by atoms with van der Waals surface area (Å²) in [6, 6.07) is 5.38. The Morgan fingerprint density at radius 2 is 1.89 bits per heavy atom. The van der Waals surface area contributed by atoms with E-state index in [-0.39, 0.29) is 17.8 Å². The third-order valence-corrected chi connectivity index (χ3v) is 3.04. The number of amides is 1. The molecule has 146 valence electrons. The zero-order chi connectivity index (χ0) is 20.2. The van der Waals surface area contributed by atoms with Crippen molar-refractivity contribution in [1.29, 1.82) is 0 Å². The highest BCUT2D eigenvalue weighted by Crippen LogP contribution is 2.29. The molecule has 0 aliphatic heterocycles. The van der Waals surface area contributed by atoms with Crippen LogP contribution >= 0.6 is 0 Å². The van der Waals surface area contributed by atoms with E-state index in [0.717, 1.165) is 0 Å². The Hall–Kier alpha value is -2.91. The first-order valence-corrected chi connectivity index (χ1v) is 7.99. The first kappa shape index (κ1) is 20.4. The second kappa shape index (κ2) is 7.77. The molecule has 1 atom stereocenters. The molecule has 2 aromatic rings. The molecule has 1 N–H and O–H groups in total. The molecule has 27 heavy (non-hydrogen) atoms. The van der Waals surface area contributed by atoms with E-state index in [9.17, 15) is 18.0 Å². The molecular weight excluding hydrogens is 365 g/mol. The maximum absolute atomic E-state index is 12.5. The molecule has 0 radical (unpaired) electrons. The number of oxime groups is 1. The van der Waals surface area contributed by atoms with Crippen LogP contribution in [0.4, 0.5) is 13.2 Å². The van der Waals surface area contributed by atoms with Gasteiger partial charge in [-0.25, -0.2) is 0 Å². The number of alkyl halides is 3. The quantitative estimate of drug-likeness (QED) is 0.627. The molecule has 0 aliphatic rings. The van der Waals surface area contributed by atoms with Gasteiger partial charge in [0.05, 0.1) is 12.3 Å². The van der Waals surface area contributed by atoms with Crippen LogP contribution in [0.15, 0.2) is 33.9 Å². The molecule has 0 saturated heterocycles. The molecule has 1 heterocycles. The smallest absolute Gasteiger partial charge is 0.390 e. The van der Waals surface area contributed by atoms with Gasteiger partial charge in [-0.1, -0.05) is 22.4 Å². The van der Waals surface area contributed by atoms with Crippen LogP contribution in [0.2, 0.25) is 0 Å². The molecule has 0 spiro atoms. The van der Waals surface area contributed by atoms with E-state index >= 15 is 0 Å². The summed E-state index contributed by atoms with van der Waals surface area (Å²) >= 11 is 0. The lowest BCUT2D eigenvalue weighted by atomic mass is 10.1. The average Bonchev–Trinajstić information content (AvgIpc) is 3.04. The first-order chi connectivity index (χ1) is 12.5. The molecule has 10 heteroatoms. The van der Waals surface area contributed by atoms with Crippen LogP contribution in [0.1, 0.15) is 43.9 Å². The van der Waals surface area contributed by atoms with Gasteiger partial charge in [-0.3, -0.25) is 4.79 Å². The summed E-state index contributed by atoms with van der Waals surface area (Å²) in [5, 5.41) is 9.80. The number of rotatable bonds is 5. The zero-order valence-corrected chi connectivity index (χ0v) is 15.2. The summed E-state index contributed by atoms with van der Waals surface area (Å²) in [5.41, 5.74) is 0.172. The molecule has 7 nitrogen and oxygen atoms in total. The number of carbonyl (C=O) groups is 1. The number of nitrogens with one attached hydrogen (secondary N) is 1. The highest BCUT2D eigenvalue weighted by atomic mass is 19.4. The Kier molecular flexibility index (Phi) is 5.87. The van der Waals surface area contributed by atoms with Crippen LogP contribution < -0.4 is 5.32 Å². The molecule has 1 unspecified atom stereocenters. The van der Waals surface area contributed by atoms with Gasteiger partial charge in [0.15, 0.2) is 0 Å². The minimum Gasteiger partial charge on any atom is -0.390 e. The van der Waals surface area contributed by atoms with E-state index in [1.165, 1.54) is 30.5 Å². The van der Waals surface area contributed by atoms with Gasteiger partial charge in [0.2, 0.25) is 5.82 Å². The number of halogens is 3. The Bertz CT molecular complexity index is 808. The van der Waals surface area contributed by atoms with E-state index in [0.29, 0.717) is 11.1 Å². The van der Waals surface area contributed by atoms with E-state index in [1.54, 1.807) is 6.92 Å². The van der Waals surface area contributed by atoms with Gasteiger partial charge in [0.1, 0.15) is 5.60 Å². The SMILES string of the molecule is CC(/C=N/OC(C)(C)C)NC(=O)c1ccc(-c2noc(C(F)(F)F)n2)cc1. The summed E-state index contributed by atoms with van der Waals surface area (Å²) < 4.78 is 41.7. The lowest BCUT2D eigenvalue weighted by Gasteiger charge is -2.16. The third-order valence-electron chi connectivity index (χ3n) is 3.04. The number of benzene rings is 1. The standard InChI is InChI=1S/C17H19F3N4O3/c1-10(9-21-27-16(2,3)4)22-14(25)12-7-5-11(6-8-12)13-23-15(26-24-13)17(18,19)20/h5-10H,1-4H3,(H,22,25)/b21-9+. The topological polar surface area (TPSA) is 89.6 Å². The number of hydrogen-bond donors (Lipinski definition) is 1. The summed E-state index contributed by atoms with van der Waals surface area (Å²) in [6.07, 6.45) is -3.25. The van der Waals surface area contributed by atoms with Gasteiger partial charge >= 0.3 is 12.1 Å².